The molecule has 0 N–H and O–H groups in total. The predicted octanol–water partition coefficient (Wildman–Crippen LogP) is 4.03. The molecule has 1 aliphatic rings. The maximum absolute atomic E-state index is 14.6. The maximum atomic E-state index is 14.6. The van der Waals surface area contributed by atoms with E-state index >= 15 is 0 Å². The van der Waals surface area contributed by atoms with Crippen LogP contribution in [0, 0.1) is 18.6 Å². The molecule has 0 bridgehead atoms. The number of fused-ring (bicyclic) bond motifs is 1. The minimum atomic E-state index is -0.754. The smallest absolute Gasteiger partial charge is 0.253 e. The summed E-state index contributed by atoms with van der Waals surface area (Å²) in [6, 6.07) is 11.9. The fourth-order valence-electron chi connectivity index (χ4n) is 4.04. The van der Waals surface area contributed by atoms with Gasteiger partial charge in [-0.25, -0.2) is 8.78 Å². The first-order valence-corrected chi connectivity index (χ1v) is 10.8. The fraction of sp³-hybridized carbons (Fsp3) is 0.240. The first kappa shape index (κ1) is 22.0. The van der Waals surface area contributed by atoms with Crippen molar-refractivity contribution in [3.05, 3.63) is 72.1 Å². The van der Waals surface area contributed by atoms with Crippen molar-refractivity contribution in [2.75, 3.05) is 24.7 Å². The molecule has 5 rings (SSSR count). The zero-order valence-electron chi connectivity index (χ0n) is 18.7. The highest BCUT2D eigenvalue weighted by Gasteiger charge is 2.30. The summed E-state index contributed by atoms with van der Waals surface area (Å²) in [5.41, 5.74) is 2.34. The van der Waals surface area contributed by atoms with Crippen molar-refractivity contribution < 1.29 is 23.0 Å². The zero-order valence-corrected chi connectivity index (χ0v) is 18.7. The van der Waals surface area contributed by atoms with Crippen LogP contribution in [0.2, 0.25) is 0 Å². The van der Waals surface area contributed by atoms with Gasteiger partial charge in [0.15, 0.2) is 5.82 Å². The van der Waals surface area contributed by atoms with E-state index in [9.17, 15) is 13.6 Å². The second kappa shape index (κ2) is 8.83. The molecule has 0 spiro atoms. The number of anilines is 1. The highest BCUT2D eigenvalue weighted by molar-refractivity contribution is 5.97. The Morgan fingerprint density at radius 3 is 2.82 bits per heavy atom. The number of ether oxygens (including phenoxy) is 2. The molecule has 0 unspecified atom stereocenters. The highest BCUT2D eigenvalue weighted by Crippen LogP contribution is 2.33. The van der Waals surface area contributed by atoms with Crippen LogP contribution >= 0.6 is 0 Å². The number of halogens is 2. The van der Waals surface area contributed by atoms with Crippen molar-refractivity contribution in [3.63, 3.8) is 0 Å². The molecule has 2 aromatic carbocycles. The Bertz CT molecular complexity index is 1390. The minimum absolute atomic E-state index is 0.0315. The second-order valence-corrected chi connectivity index (χ2v) is 8.14. The molecule has 1 atom stereocenters. The van der Waals surface area contributed by atoms with Crippen LogP contribution in [0.1, 0.15) is 5.56 Å². The molecule has 0 aliphatic carbocycles. The van der Waals surface area contributed by atoms with Crippen molar-refractivity contribution in [2.45, 2.75) is 13.0 Å². The predicted molar refractivity (Wildman–Crippen MR) is 123 cm³/mol. The summed E-state index contributed by atoms with van der Waals surface area (Å²) in [7, 11) is 1.86. The van der Waals surface area contributed by atoms with Gasteiger partial charge in [-0.05, 0) is 43.3 Å². The molecular weight excluding hydrogens is 442 g/mol. The summed E-state index contributed by atoms with van der Waals surface area (Å²) < 4.78 is 41.7. The number of benzene rings is 2. The summed E-state index contributed by atoms with van der Waals surface area (Å²) in [6.07, 6.45) is 3.06. The zero-order chi connectivity index (χ0) is 23.8. The molecule has 174 valence electrons. The molecule has 1 aliphatic heterocycles. The second-order valence-electron chi connectivity index (χ2n) is 8.14. The number of aromatic nitrogens is 3. The first-order valence-electron chi connectivity index (χ1n) is 10.8. The van der Waals surface area contributed by atoms with Crippen molar-refractivity contribution in [1.82, 2.24) is 14.8 Å². The number of amides is 1. The molecule has 0 radical (unpaired) electrons. The number of rotatable bonds is 5. The van der Waals surface area contributed by atoms with E-state index in [1.165, 1.54) is 17.9 Å². The van der Waals surface area contributed by atoms with Gasteiger partial charge in [0.1, 0.15) is 36.4 Å². The third kappa shape index (κ3) is 3.99. The van der Waals surface area contributed by atoms with Crippen LogP contribution < -0.4 is 9.64 Å². The van der Waals surface area contributed by atoms with Crippen LogP contribution in [0.4, 0.5) is 14.5 Å². The minimum Gasteiger partial charge on any atom is -0.489 e. The summed E-state index contributed by atoms with van der Waals surface area (Å²) in [5.74, 6) is -1.25. The van der Waals surface area contributed by atoms with Crippen molar-refractivity contribution in [2.24, 2.45) is 7.05 Å². The third-order valence-electron chi connectivity index (χ3n) is 5.87. The molecule has 34 heavy (non-hydrogen) atoms. The van der Waals surface area contributed by atoms with Gasteiger partial charge in [0, 0.05) is 36.0 Å². The number of carbonyl (C=O) groups excluding carboxylic acids is 1. The number of hydrogen-bond acceptors (Lipinski definition) is 5. The van der Waals surface area contributed by atoms with Crippen molar-refractivity contribution >= 4 is 22.5 Å². The average Bonchev–Trinajstić information content (AvgIpc) is 3.28. The molecule has 0 saturated carbocycles. The Hall–Kier alpha value is -3.85. The molecule has 4 aromatic rings. The normalized spacial score (nSPS) is 16.3. The summed E-state index contributed by atoms with van der Waals surface area (Å²) in [6.45, 7) is 1.33. The van der Waals surface area contributed by atoms with Crippen LogP contribution in [-0.2, 0) is 16.6 Å². The van der Waals surface area contributed by atoms with Gasteiger partial charge in [-0.3, -0.25) is 14.5 Å². The van der Waals surface area contributed by atoms with Crippen LogP contribution in [0.5, 0.6) is 5.75 Å². The van der Waals surface area contributed by atoms with E-state index in [1.54, 1.807) is 10.9 Å². The van der Waals surface area contributed by atoms with E-state index < -0.39 is 23.6 Å². The number of carbonyl (C=O) groups is 1. The SMILES string of the molecule is Cc1c(F)ccc(N2C[C@@H](COc3ccc(-c4ccn(C)n4)c4cccnc34)OCC2=O)c1F. The van der Waals surface area contributed by atoms with Crippen molar-refractivity contribution in [3.8, 4) is 17.0 Å². The van der Waals surface area contributed by atoms with Crippen LogP contribution in [0.15, 0.2) is 54.9 Å². The number of hydrogen-bond donors (Lipinski definition) is 0. The first-order chi connectivity index (χ1) is 16.4. The summed E-state index contributed by atoms with van der Waals surface area (Å²) >= 11 is 0. The molecule has 1 saturated heterocycles. The monoisotopic (exact) mass is 464 g/mol. The van der Waals surface area contributed by atoms with E-state index in [1.807, 2.05) is 43.6 Å². The lowest BCUT2D eigenvalue weighted by Crippen LogP contribution is -2.49. The van der Waals surface area contributed by atoms with E-state index in [0.29, 0.717) is 11.3 Å². The Balaban J connectivity index is 1.37. The standard InChI is InChI=1S/C25H22F2N4O3/c1-15-19(26)6-7-21(24(15)27)31-12-16(33-14-23(31)32)13-34-22-8-5-17(20-9-11-30(2)29-20)18-4-3-10-28-25(18)22/h3-11,16H,12-14H2,1-2H3/t16-/m0/s1. The lowest BCUT2D eigenvalue weighted by atomic mass is 10.1. The Morgan fingerprint density at radius 2 is 2.03 bits per heavy atom. The lowest BCUT2D eigenvalue weighted by Gasteiger charge is -2.33. The number of aryl methyl sites for hydroxylation is 1. The van der Waals surface area contributed by atoms with Gasteiger partial charge in [-0.15, -0.1) is 0 Å². The van der Waals surface area contributed by atoms with Gasteiger partial charge in [0.2, 0.25) is 0 Å². The number of pyridine rings is 1. The van der Waals surface area contributed by atoms with Crippen molar-refractivity contribution in [1.29, 1.82) is 0 Å². The third-order valence-corrected chi connectivity index (χ3v) is 5.87. The van der Waals surface area contributed by atoms with E-state index in [4.69, 9.17) is 9.47 Å². The van der Waals surface area contributed by atoms with Crippen LogP contribution in [0.25, 0.3) is 22.2 Å². The molecule has 1 amide bonds. The lowest BCUT2D eigenvalue weighted by molar-refractivity contribution is -0.130. The largest absolute Gasteiger partial charge is 0.489 e. The molecular formula is C25H22F2N4O3. The van der Waals surface area contributed by atoms with Crippen LogP contribution in [-0.4, -0.2) is 46.5 Å². The van der Waals surface area contributed by atoms with Gasteiger partial charge >= 0.3 is 0 Å². The molecule has 9 heteroatoms. The molecule has 2 aromatic heterocycles. The number of morpholine rings is 1. The molecule has 1 fully saturated rings. The quantitative estimate of drug-likeness (QED) is 0.446. The Labute approximate surface area is 194 Å². The average molecular weight is 464 g/mol. The Kier molecular flexibility index (Phi) is 5.70. The Morgan fingerprint density at radius 1 is 1.18 bits per heavy atom. The molecule has 7 nitrogen and oxygen atoms in total. The van der Waals surface area contributed by atoms with E-state index in [-0.39, 0.29) is 31.0 Å². The summed E-state index contributed by atoms with van der Waals surface area (Å²) in [5, 5.41) is 5.37. The van der Waals surface area contributed by atoms with Gasteiger partial charge < -0.3 is 14.4 Å². The van der Waals surface area contributed by atoms with Gasteiger partial charge in [0.05, 0.1) is 17.9 Å². The summed E-state index contributed by atoms with van der Waals surface area (Å²) in [4.78, 5) is 18.2. The highest BCUT2D eigenvalue weighted by atomic mass is 19.1. The van der Waals surface area contributed by atoms with Gasteiger partial charge in [-0.2, -0.15) is 5.10 Å². The number of nitrogens with zero attached hydrogens (tertiary/aromatic N) is 4. The van der Waals surface area contributed by atoms with Crippen LogP contribution in [0.3, 0.4) is 0 Å². The van der Waals surface area contributed by atoms with E-state index in [0.717, 1.165) is 22.7 Å². The maximum Gasteiger partial charge on any atom is 0.253 e. The van der Waals surface area contributed by atoms with Gasteiger partial charge in [-0.1, -0.05) is 6.07 Å². The fourth-order valence-corrected chi connectivity index (χ4v) is 4.04. The molecule has 3 heterocycles. The van der Waals surface area contributed by atoms with Gasteiger partial charge in [0.25, 0.3) is 5.91 Å². The van der Waals surface area contributed by atoms with E-state index in [2.05, 4.69) is 10.1 Å². The topological polar surface area (TPSA) is 69.5 Å².